The molecule has 0 saturated heterocycles. The Morgan fingerprint density at radius 3 is 2.94 bits per heavy atom. The molecule has 0 saturated carbocycles. The van der Waals surface area contributed by atoms with Gasteiger partial charge in [-0.2, -0.15) is 4.37 Å². The van der Waals surface area contributed by atoms with Crippen LogP contribution in [0.4, 0.5) is 5.82 Å². The standard InChI is InChI=1S/C10H11N3OS2/c1-6(2)8-9(15-5-11-8)10(14)12-7-3-4-16-13-7/h3-6H,1-2H3,(H,12,13,14). The van der Waals surface area contributed by atoms with Crippen molar-refractivity contribution in [1.29, 1.82) is 0 Å². The van der Waals surface area contributed by atoms with Crippen molar-refractivity contribution in [2.45, 2.75) is 19.8 Å². The zero-order chi connectivity index (χ0) is 11.5. The number of thiazole rings is 1. The summed E-state index contributed by atoms with van der Waals surface area (Å²) in [5.74, 6) is 0.720. The third-order valence-electron chi connectivity index (χ3n) is 2.03. The van der Waals surface area contributed by atoms with Crippen molar-refractivity contribution >= 4 is 34.6 Å². The fraction of sp³-hybridized carbons (Fsp3) is 0.300. The van der Waals surface area contributed by atoms with Crippen LogP contribution in [-0.2, 0) is 0 Å². The maximum Gasteiger partial charge on any atom is 0.268 e. The molecule has 0 atom stereocenters. The van der Waals surface area contributed by atoms with Gasteiger partial charge in [-0.25, -0.2) is 4.98 Å². The number of hydrogen-bond acceptors (Lipinski definition) is 5. The van der Waals surface area contributed by atoms with E-state index in [4.69, 9.17) is 0 Å². The van der Waals surface area contributed by atoms with E-state index in [1.165, 1.54) is 22.9 Å². The first kappa shape index (κ1) is 11.2. The minimum Gasteiger partial charge on any atom is -0.305 e. The topological polar surface area (TPSA) is 54.9 Å². The van der Waals surface area contributed by atoms with Gasteiger partial charge in [-0.15, -0.1) is 11.3 Å². The molecular weight excluding hydrogens is 242 g/mol. The lowest BCUT2D eigenvalue weighted by atomic mass is 10.1. The molecule has 0 aromatic carbocycles. The summed E-state index contributed by atoms with van der Waals surface area (Å²) < 4.78 is 4.03. The highest BCUT2D eigenvalue weighted by Crippen LogP contribution is 2.22. The van der Waals surface area contributed by atoms with Gasteiger partial charge in [0.05, 0.1) is 11.2 Å². The molecule has 0 fully saturated rings. The Kier molecular flexibility index (Phi) is 3.31. The zero-order valence-electron chi connectivity index (χ0n) is 8.93. The van der Waals surface area contributed by atoms with Crippen molar-refractivity contribution in [1.82, 2.24) is 9.36 Å². The lowest BCUT2D eigenvalue weighted by Gasteiger charge is -2.04. The number of hydrogen-bond donors (Lipinski definition) is 1. The van der Waals surface area contributed by atoms with E-state index in [0.29, 0.717) is 10.7 Å². The quantitative estimate of drug-likeness (QED) is 0.915. The monoisotopic (exact) mass is 253 g/mol. The summed E-state index contributed by atoms with van der Waals surface area (Å²) in [4.78, 5) is 16.8. The second-order valence-corrected chi connectivity index (χ2v) is 5.08. The minimum atomic E-state index is -0.128. The molecule has 16 heavy (non-hydrogen) atoms. The number of carbonyl (C=O) groups excluding carboxylic acids is 1. The van der Waals surface area contributed by atoms with Crippen molar-refractivity contribution in [2.24, 2.45) is 0 Å². The van der Waals surface area contributed by atoms with E-state index in [9.17, 15) is 4.79 Å². The van der Waals surface area contributed by atoms with Gasteiger partial charge < -0.3 is 5.32 Å². The molecule has 2 aromatic rings. The predicted molar refractivity (Wildman–Crippen MR) is 66.3 cm³/mol. The normalized spacial score (nSPS) is 10.7. The maximum absolute atomic E-state index is 11.9. The van der Waals surface area contributed by atoms with Crippen molar-refractivity contribution in [3.8, 4) is 0 Å². The second-order valence-electron chi connectivity index (χ2n) is 3.56. The number of nitrogens with one attached hydrogen (secondary N) is 1. The molecule has 6 heteroatoms. The highest BCUT2D eigenvalue weighted by atomic mass is 32.1. The third-order valence-corrected chi connectivity index (χ3v) is 3.43. The Labute approximate surface area is 102 Å². The zero-order valence-corrected chi connectivity index (χ0v) is 10.6. The van der Waals surface area contributed by atoms with Crippen molar-refractivity contribution < 1.29 is 4.79 Å². The molecule has 0 spiro atoms. The highest BCUT2D eigenvalue weighted by Gasteiger charge is 2.17. The first-order valence-corrected chi connectivity index (χ1v) is 6.55. The summed E-state index contributed by atoms with van der Waals surface area (Å²) in [6, 6.07) is 1.78. The molecule has 0 radical (unpaired) electrons. The van der Waals surface area contributed by atoms with Crippen LogP contribution in [0.15, 0.2) is 17.0 Å². The fourth-order valence-electron chi connectivity index (χ4n) is 1.29. The molecule has 0 aliphatic carbocycles. The summed E-state index contributed by atoms with van der Waals surface area (Å²) in [5, 5.41) is 4.58. The molecule has 0 bridgehead atoms. The SMILES string of the molecule is CC(C)c1ncsc1C(=O)Nc1ccsn1. The average molecular weight is 253 g/mol. The summed E-state index contributed by atoms with van der Waals surface area (Å²) in [5.41, 5.74) is 2.54. The first-order chi connectivity index (χ1) is 7.68. The molecule has 2 heterocycles. The average Bonchev–Trinajstić information content (AvgIpc) is 2.86. The number of anilines is 1. The van der Waals surface area contributed by atoms with E-state index in [1.54, 1.807) is 11.6 Å². The van der Waals surface area contributed by atoms with Gasteiger partial charge in [0, 0.05) is 5.38 Å². The lowest BCUT2D eigenvalue weighted by Crippen LogP contribution is -2.13. The summed E-state index contributed by atoms with van der Waals surface area (Å²) in [6.07, 6.45) is 0. The van der Waals surface area contributed by atoms with Crippen LogP contribution in [0.2, 0.25) is 0 Å². The Balaban J connectivity index is 2.18. The van der Waals surface area contributed by atoms with Gasteiger partial charge in [0.25, 0.3) is 5.91 Å². The molecule has 1 N–H and O–H groups in total. The lowest BCUT2D eigenvalue weighted by molar-refractivity contribution is 0.102. The Hall–Kier alpha value is -1.27. The summed E-state index contributed by atoms with van der Waals surface area (Å²) in [7, 11) is 0. The molecule has 2 rings (SSSR count). The number of rotatable bonds is 3. The van der Waals surface area contributed by atoms with Gasteiger partial charge in [-0.1, -0.05) is 13.8 Å². The Bertz CT molecular complexity index is 476. The molecule has 0 aliphatic heterocycles. The highest BCUT2D eigenvalue weighted by molar-refractivity contribution is 7.12. The molecule has 0 aliphatic rings. The van der Waals surface area contributed by atoms with E-state index in [2.05, 4.69) is 14.7 Å². The van der Waals surface area contributed by atoms with E-state index in [1.807, 2.05) is 19.2 Å². The number of carbonyl (C=O) groups is 1. The van der Waals surface area contributed by atoms with Crippen LogP contribution in [0.5, 0.6) is 0 Å². The summed E-state index contributed by atoms with van der Waals surface area (Å²) in [6.45, 7) is 4.04. The third kappa shape index (κ3) is 2.28. The van der Waals surface area contributed by atoms with Gasteiger partial charge >= 0.3 is 0 Å². The van der Waals surface area contributed by atoms with Gasteiger partial charge in [0.1, 0.15) is 10.7 Å². The van der Waals surface area contributed by atoms with Gasteiger partial charge in [0.15, 0.2) is 0 Å². The van der Waals surface area contributed by atoms with Crippen molar-refractivity contribution in [2.75, 3.05) is 5.32 Å². The maximum atomic E-state index is 11.9. The Morgan fingerprint density at radius 1 is 1.50 bits per heavy atom. The van der Waals surface area contributed by atoms with Crippen LogP contribution in [0.1, 0.15) is 35.1 Å². The van der Waals surface area contributed by atoms with E-state index in [0.717, 1.165) is 5.69 Å². The number of nitrogens with zero attached hydrogens (tertiary/aromatic N) is 2. The number of aromatic nitrogens is 2. The molecule has 0 unspecified atom stereocenters. The van der Waals surface area contributed by atoms with E-state index < -0.39 is 0 Å². The van der Waals surface area contributed by atoms with Crippen LogP contribution in [0.3, 0.4) is 0 Å². The predicted octanol–water partition coefficient (Wildman–Crippen LogP) is 2.98. The molecule has 2 aromatic heterocycles. The molecule has 1 amide bonds. The Morgan fingerprint density at radius 2 is 2.31 bits per heavy atom. The molecular formula is C10H11N3OS2. The molecule has 4 nitrogen and oxygen atoms in total. The fourth-order valence-corrected chi connectivity index (χ4v) is 2.60. The molecule has 84 valence electrons. The van der Waals surface area contributed by atoms with Crippen molar-refractivity contribution in [3.05, 3.63) is 27.5 Å². The minimum absolute atomic E-state index is 0.128. The second kappa shape index (κ2) is 4.71. The largest absolute Gasteiger partial charge is 0.305 e. The van der Waals surface area contributed by atoms with Gasteiger partial charge in [-0.05, 0) is 23.5 Å². The van der Waals surface area contributed by atoms with E-state index >= 15 is 0 Å². The van der Waals surface area contributed by atoms with Crippen molar-refractivity contribution in [3.63, 3.8) is 0 Å². The van der Waals surface area contributed by atoms with Crippen LogP contribution >= 0.6 is 22.9 Å². The van der Waals surface area contributed by atoms with Gasteiger partial charge in [0.2, 0.25) is 0 Å². The van der Waals surface area contributed by atoms with Crippen LogP contribution in [-0.4, -0.2) is 15.3 Å². The van der Waals surface area contributed by atoms with E-state index in [-0.39, 0.29) is 11.8 Å². The van der Waals surface area contributed by atoms with Crippen LogP contribution < -0.4 is 5.32 Å². The van der Waals surface area contributed by atoms with Gasteiger partial charge in [-0.3, -0.25) is 4.79 Å². The summed E-state index contributed by atoms with van der Waals surface area (Å²) >= 11 is 2.67. The number of amides is 1. The smallest absolute Gasteiger partial charge is 0.268 e. The van der Waals surface area contributed by atoms with Crippen LogP contribution in [0, 0.1) is 0 Å². The first-order valence-electron chi connectivity index (χ1n) is 4.83. The van der Waals surface area contributed by atoms with Crippen LogP contribution in [0.25, 0.3) is 0 Å².